The molecule has 1 aliphatic heterocycles. The number of benzene rings is 1. The number of nitrogens with zero attached hydrogens (tertiary/aromatic N) is 2. The van der Waals surface area contributed by atoms with E-state index in [0.29, 0.717) is 10.6 Å². The van der Waals surface area contributed by atoms with Gasteiger partial charge >= 0.3 is 6.18 Å². The molecule has 0 spiro atoms. The molecule has 2 N–H and O–H groups in total. The number of hydrogen-bond acceptors (Lipinski definition) is 5. The lowest BCUT2D eigenvalue weighted by Crippen LogP contribution is -2.56. The number of nitrogens with one attached hydrogen (secondary N) is 1. The monoisotopic (exact) mass is 361 g/mol. The highest BCUT2D eigenvalue weighted by molar-refractivity contribution is 8.00. The zero-order valence-electron chi connectivity index (χ0n) is 13.2. The third-order valence-electron chi connectivity index (χ3n) is 3.16. The van der Waals surface area contributed by atoms with Crippen molar-refractivity contribution in [1.82, 2.24) is 10.4 Å². The summed E-state index contributed by atoms with van der Waals surface area (Å²) in [6, 6.07) is 5.51. The molecule has 0 fully saturated rings. The van der Waals surface area contributed by atoms with Crippen LogP contribution in [0, 0.1) is 13.8 Å². The molecule has 1 aliphatic rings. The van der Waals surface area contributed by atoms with Crippen LogP contribution in [0.4, 0.5) is 13.2 Å². The van der Waals surface area contributed by atoms with Gasteiger partial charge in [-0.1, -0.05) is 17.2 Å². The van der Waals surface area contributed by atoms with Gasteiger partial charge in [0.15, 0.2) is 5.37 Å². The molecule has 0 radical (unpaired) electrons. The predicted octanol–water partition coefficient (Wildman–Crippen LogP) is 2.01. The minimum atomic E-state index is -4.53. The molecular formula is C15H18F3N3O2S. The summed E-state index contributed by atoms with van der Waals surface area (Å²) in [5.74, 6) is -0.361. The van der Waals surface area contributed by atoms with E-state index in [4.69, 9.17) is 5.11 Å². The smallest absolute Gasteiger partial charge is 0.396 e. The molecule has 132 valence electrons. The van der Waals surface area contributed by atoms with E-state index in [1.54, 1.807) is 12.1 Å². The summed E-state index contributed by atoms with van der Waals surface area (Å²) in [6.07, 6.45) is -4.53. The average molecular weight is 361 g/mol. The fourth-order valence-electron chi connectivity index (χ4n) is 2.34. The van der Waals surface area contributed by atoms with Gasteiger partial charge < -0.3 is 5.11 Å². The molecule has 1 atom stereocenters. The minimum absolute atomic E-state index is 0.185. The average Bonchev–Trinajstić information content (AvgIpc) is 2.45. The number of carbonyl (C=O) groups is 1. The first kappa shape index (κ1) is 18.6. The van der Waals surface area contributed by atoms with Crippen molar-refractivity contribution in [3.05, 3.63) is 34.9 Å². The molecule has 0 aliphatic carbocycles. The quantitative estimate of drug-likeness (QED) is 0.842. The zero-order chi connectivity index (χ0) is 17.9. The number of thioether (sulfide) groups is 1. The highest BCUT2D eigenvalue weighted by atomic mass is 32.2. The van der Waals surface area contributed by atoms with Crippen LogP contribution in [0.3, 0.4) is 0 Å². The number of rotatable bonds is 5. The summed E-state index contributed by atoms with van der Waals surface area (Å²) < 4.78 is 38.2. The van der Waals surface area contributed by atoms with Crippen LogP contribution in [0.25, 0.3) is 0 Å². The minimum Gasteiger partial charge on any atom is -0.396 e. The Morgan fingerprint density at radius 2 is 1.92 bits per heavy atom. The number of hydrazine groups is 1. The molecule has 0 saturated carbocycles. The molecule has 1 unspecified atom stereocenters. The van der Waals surface area contributed by atoms with Crippen molar-refractivity contribution in [2.45, 2.75) is 25.4 Å². The van der Waals surface area contributed by atoms with E-state index in [1.165, 1.54) is 0 Å². The summed E-state index contributed by atoms with van der Waals surface area (Å²) in [5, 5.41) is 8.42. The molecule has 1 aromatic rings. The maximum atomic E-state index is 12.7. The van der Waals surface area contributed by atoms with E-state index in [1.807, 2.05) is 19.9 Å². The Morgan fingerprint density at radius 1 is 1.29 bits per heavy atom. The highest BCUT2D eigenvalue weighted by Gasteiger charge is 2.38. The topological polar surface area (TPSA) is 64.9 Å². The standard InChI is InChI=1S/C15H18F3N3O2S/c1-9-5-10(2)7-11(6-9)12-19-13(24-4-3-22)14(23)21(20-12)8-15(16,17)18/h5-7,13,22H,3-4,8H2,1-2H3,(H,19,20). The third-order valence-corrected chi connectivity index (χ3v) is 4.21. The summed E-state index contributed by atoms with van der Waals surface area (Å²) in [5.41, 5.74) is 4.96. The van der Waals surface area contributed by atoms with Crippen molar-refractivity contribution in [2.75, 3.05) is 18.9 Å². The van der Waals surface area contributed by atoms with E-state index >= 15 is 0 Å². The van der Waals surface area contributed by atoms with E-state index in [2.05, 4.69) is 10.4 Å². The van der Waals surface area contributed by atoms with Gasteiger partial charge in [-0.05, 0) is 26.0 Å². The van der Waals surface area contributed by atoms with Gasteiger partial charge in [0.2, 0.25) is 0 Å². The number of halogens is 3. The predicted molar refractivity (Wildman–Crippen MR) is 86.7 cm³/mol. The summed E-state index contributed by atoms with van der Waals surface area (Å²) in [7, 11) is 0. The van der Waals surface area contributed by atoms with Gasteiger partial charge in [-0.3, -0.25) is 10.2 Å². The molecule has 24 heavy (non-hydrogen) atoms. The zero-order valence-corrected chi connectivity index (χ0v) is 14.0. The van der Waals surface area contributed by atoms with E-state index in [-0.39, 0.29) is 18.2 Å². The Balaban J connectivity index is 2.35. The van der Waals surface area contributed by atoms with Crippen LogP contribution < -0.4 is 5.43 Å². The molecule has 0 aromatic heterocycles. The first-order chi connectivity index (χ1) is 11.2. The van der Waals surface area contributed by atoms with Crippen molar-refractivity contribution in [3.8, 4) is 0 Å². The number of alkyl halides is 3. The van der Waals surface area contributed by atoms with Crippen molar-refractivity contribution in [1.29, 1.82) is 0 Å². The molecule has 1 amide bonds. The number of hydrogen-bond donors (Lipinski definition) is 2. The Hall–Kier alpha value is -1.74. The molecule has 2 rings (SSSR count). The Kier molecular flexibility index (Phi) is 5.76. The molecule has 0 bridgehead atoms. The molecule has 0 saturated heterocycles. The lowest BCUT2D eigenvalue weighted by atomic mass is 10.1. The second-order valence-electron chi connectivity index (χ2n) is 5.45. The van der Waals surface area contributed by atoms with Crippen molar-refractivity contribution < 1.29 is 23.1 Å². The van der Waals surface area contributed by atoms with Crippen LogP contribution in [-0.4, -0.2) is 52.3 Å². The fraction of sp³-hybridized carbons (Fsp3) is 0.467. The first-order valence-corrected chi connectivity index (χ1v) is 8.28. The van der Waals surface area contributed by atoms with Crippen LogP contribution in [0.5, 0.6) is 0 Å². The molecule has 5 nitrogen and oxygen atoms in total. The van der Waals surface area contributed by atoms with Gasteiger partial charge in [-0.15, -0.1) is 11.8 Å². The molecule has 1 aromatic carbocycles. The molecule has 1 heterocycles. The van der Waals surface area contributed by atoms with E-state index < -0.39 is 24.0 Å². The number of aliphatic imine (C=N–C) groups is 1. The van der Waals surface area contributed by atoms with Crippen molar-refractivity contribution in [3.63, 3.8) is 0 Å². The van der Waals surface area contributed by atoms with Crippen LogP contribution in [0.15, 0.2) is 23.2 Å². The van der Waals surface area contributed by atoms with Gasteiger partial charge in [0.05, 0.1) is 6.61 Å². The van der Waals surface area contributed by atoms with Gasteiger partial charge in [0, 0.05) is 11.3 Å². The van der Waals surface area contributed by atoms with Crippen LogP contribution in [-0.2, 0) is 4.79 Å². The molecule has 9 heteroatoms. The summed E-state index contributed by atoms with van der Waals surface area (Å²) >= 11 is 1.01. The van der Waals surface area contributed by atoms with Gasteiger partial charge in [0.25, 0.3) is 5.91 Å². The van der Waals surface area contributed by atoms with E-state index in [9.17, 15) is 18.0 Å². The van der Waals surface area contributed by atoms with Crippen LogP contribution in [0.1, 0.15) is 16.7 Å². The van der Waals surface area contributed by atoms with Crippen LogP contribution >= 0.6 is 11.8 Å². The van der Waals surface area contributed by atoms with Crippen molar-refractivity contribution in [2.24, 2.45) is 4.99 Å². The van der Waals surface area contributed by atoms with E-state index in [0.717, 1.165) is 22.9 Å². The number of aliphatic hydroxyl groups excluding tert-OH is 1. The van der Waals surface area contributed by atoms with Crippen molar-refractivity contribution >= 4 is 23.5 Å². The fourth-order valence-corrected chi connectivity index (χ4v) is 3.12. The summed E-state index contributed by atoms with van der Waals surface area (Å²) in [4.78, 5) is 16.4. The Bertz CT molecular complexity index is 629. The van der Waals surface area contributed by atoms with Gasteiger partial charge in [0.1, 0.15) is 12.4 Å². The van der Waals surface area contributed by atoms with Gasteiger partial charge in [-0.2, -0.15) is 13.2 Å². The number of amidine groups is 1. The normalized spacial score (nSPS) is 18.4. The highest BCUT2D eigenvalue weighted by Crippen LogP contribution is 2.23. The lowest BCUT2D eigenvalue weighted by Gasteiger charge is -2.32. The second-order valence-corrected chi connectivity index (χ2v) is 6.64. The number of aliphatic hydroxyl groups is 1. The Morgan fingerprint density at radius 3 is 2.46 bits per heavy atom. The number of carbonyl (C=O) groups excluding carboxylic acids is 1. The largest absolute Gasteiger partial charge is 0.408 e. The van der Waals surface area contributed by atoms with Crippen LogP contribution in [0.2, 0.25) is 0 Å². The SMILES string of the molecule is Cc1cc(C)cc(C2=NC(SCCO)C(=O)N(CC(F)(F)F)N2)c1. The summed E-state index contributed by atoms with van der Waals surface area (Å²) in [6.45, 7) is 2.15. The second kappa shape index (κ2) is 7.43. The Labute approximate surface area is 141 Å². The number of amides is 1. The molecular weight excluding hydrogens is 343 g/mol. The van der Waals surface area contributed by atoms with Gasteiger partial charge in [-0.25, -0.2) is 10.0 Å². The number of aryl methyl sites for hydroxylation is 2. The maximum Gasteiger partial charge on any atom is 0.408 e. The third kappa shape index (κ3) is 4.88. The lowest BCUT2D eigenvalue weighted by molar-refractivity contribution is -0.165. The first-order valence-electron chi connectivity index (χ1n) is 7.23. The maximum absolute atomic E-state index is 12.7.